The van der Waals surface area contributed by atoms with Gasteiger partial charge in [-0.1, -0.05) is 6.07 Å². The van der Waals surface area contributed by atoms with Crippen molar-refractivity contribution in [2.75, 3.05) is 20.6 Å². The van der Waals surface area contributed by atoms with Crippen molar-refractivity contribution in [2.45, 2.75) is 56.6 Å². The molecule has 3 atom stereocenters. The van der Waals surface area contributed by atoms with Crippen LogP contribution in [0, 0.1) is 6.92 Å². The van der Waals surface area contributed by atoms with Crippen LogP contribution in [-0.2, 0) is 10.2 Å². The Morgan fingerprint density at radius 2 is 2.00 bits per heavy atom. The summed E-state index contributed by atoms with van der Waals surface area (Å²) < 4.78 is 0. The van der Waals surface area contributed by atoms with Gasteiger partial charge < -0.3 is 20.4 Å². The van der Waals surface area contributed by atoms with Crippen LogP contribution >= 0.6 is 0 Å². The summed E-state index contributed by atoms with van der Waals surface area (Å²) in [6.45, 7) is 5.22. The molecule has 5 heteroatoms. The fraction of sp³-hybridized carbons (Fsp3) is 0.632. The quantitative estimate of drug-likeness (QED) is 0.723. The van der Waals surface area contributed by atoms with Crippen LogP contribution in [0.15, 0.2) is 18.2 Å². The standard InChI is InChI=1S/C17H25NO2.C2H5NO/c1-12-5-6-14(19)11-15(12)16-7-4-8-17(16,20)13(2)18(3)10-9-16;1-3-2-4/h5-6,11,13,19-20H,4,7-10H2,1-3H3;2H,1H3,(H,3,4)/t13-,16+,17?;/m1./s1. The molecule has 1 saturated heterocycles. The van der Waals surface area contributed by atoms with Gasteiger partial charge in [0.25, 0.3) is 0 Å². The second kappa shape index (κ2) is 7.11. The number of piperidine rings is 1. The third-order valence-electron chi connectivity index (χ3n) is 6.09. The van der Waals surface area contributed by atoms with E-state index in [1.807, 2.05) is 12.1 Å². The van der Waals surface area contributed by atoms with E-state index >= 15 is 0 Å². The molecule has 1 heterocycles. The molecule has 1 aromatic carbocycles. The summed E-state index contributed by atoms with van der Waals surface area (Å²) in [5.41, 5.74) is 1.46. The number of amides is 1. The first kappa shape index (κ1) is 18.7. The zero-order valence-electron chi connectivity index (χ0n) is 15.2. The Morgan fingerprint density at radius 1 is 1.33 bits per heavy atom. The lowest BCUT2D eigenvalue weighted by Crippen LogP contribution is -2.64. The van der Waals surface area contributed by atoms with Gasteiger partial charge in [-0.3, -0.25) is 4.79 Å². The average Bonchev–Trinajstić information content (AvgIpc) is 2.93. The van der Waals surface area contributed by atoms with Gasteiger partial charge in [-0.15, -0.1) is 0 Å². The van der Waals surface area contributed by atoms with Crippen LogP contribution in [0.4, 0.5) is 0 Å². The van der Waals surface area contributed by atoms with Gasteiger partial charge in [0.15, 0.2) is 0 Å². The molecule has 5 nitrogen and oxygen atoms in total. The van der Waals surface area contributed by atoms with Crippen molar-refractivity contribution in [2.24, 2.45) is 0 Å². The van der Waals surface area contributed by atoms with Crippen molar-refractivity contribution in [3.05, 3.63) is 29.3 Å². The number of aryl methyl sites for hydroxylation is 1. The SMILES string of the molecule is CNC=O.Cc1ccc(O)cc1[C@@]12CCCC1(O)[C@@H](C)N(C)CC2. The second-order valence-corrected chi connectivity index (χ2v) is 7.17. The highest BCUT2D eigenvalue weighted by atomic mass is 16.3. The largest absolute Gasteiger partial charge is 0.508 e. The third-order valence-corrected chi connectivity index (χ3v) is 6.09. The Balaban J connectivity index is 0.000000471. The van der Waals surface area contributed by atoms with Crippen molar-refractivity contribution < 1.29 is 15.0 Å². The molecule has 1 aliphatic heterocycles. The number of likely N-dealkylation sites (N-methyl/N-ethyl adjacent to an activating group) is 1. The predicted molar refractivity (Wildman–Crippen MR) is 95.2 cm³/mol. The Hall–Kier alpha value is -1.59. The number of rotatable bonds is 2. The summed E-state index contributed by atoms with van der Waals surface area (Å²) in [6.07, 6.45) is 4.53. The summed E-state index contributed by atoms with van der Waals surface area (Å²) in [5.74, 6) is 0.306. The molecule has 134 valence electrons. The average molecular weight is 334 g/mol. The molecular weight excluding hydrogens is 304 g/mol. The summed E-state index contributed by atoms with van der Waals surface area (Å²) in [5, 5.41) is 23.6. The molecule has 2 aliphatic rings. The van der Waals surface area contributed by atoms with Crippen LogP contribution in [0.3, 0.4) is 0 Å². The maximum absolute atomic E-state index is 11.4. The number of phenols is 1. The van der Waals surface area contributed by atoms with Gasteiger partial charge in [0.05, 0.1) is 5.60 Å². The second-order valence-electron chi connectivity index (χ2n) is 7.17. The van der Waals surface area contributed by atoms with Crippen molar-refractivity contribution in [3.8, 4) is 5.75 Å². The molecule has 3 N–H and O–H groups in total. The number of nitrogens with one attached hydrogen (secondary N) is 1. The number of aromatic hydroxyl groups is 1. The number of fused-ring (bicyclic) bond motifs is 1. The first-order chi connectivity index (χ1) is 11.3. The molecule has 3 rings (SSSR count). The fourth-order valence-corrected chi connectivity index (χ4v) is 4.62. The van der Waals surface area contributed by atoms with E-state index in [0.717, 1.165) is 37.8 Å². The highest BCUT2D eigenvalue weighted by Crippen LogP contribution is 2.56. The lowest BCUT2D eigenvalue weighted by atomic mass is 9.61. The van der Waals surface area contributed by atoms with Gasteiger partial charge in [0.2, 0.25) is 6.41 Å². The molecule has 0 aromatic heterocycles. The molecule has 0 bridgehead atoms. The number of aliphatic hydroxyl groups is 1. The molecule has 24 heavy (non-hydrogen) atoms. The van der Waals surface area contributed by atoms with E-state index in [9.17, 15) is 10.2 Å². The number of carbonyl (C=O) groups excluding carboxylic acids is 1. The number of hydrogen-bond acceptors (Lipinski definition) is 4. The van der Waals surface area contributed by atoms with Crippen LogP contribution in [-0.4, -0.2) is 53.8 Å². The zero-order valence-corrected chi connectivity index (χ0v) is 15.2. The lowest BCUT2D eigenvalue weighted by Gasteiger charge is -2.54. The molecule has 1 saturated carbocycles. The number of nitrogens with zero attached hydrogens (tertiary/aromatic N) is 1. The predicted octanol–water partition coefficient (Wildman–Crippen LogP) is 1.94. The van der Waals surface area contributed by atoms with Crippen LogP contribution < -0.4 is 5.32 Å². The highest BCUT2D eigenvalue weighted by molar-refractivity contribution is 5.45. The molecule has 1 unspecified atom stereocenters. The van der Waals surface area contributed by atoms with E-state index in [1.165, 1.54) is 5.56 Å². The van der Waals surface area contributed by atoms with Crippen LogP contribution in [0.25, 0.3) is 0 Å². The Kier molecular flexibility index (Phi) is 5.56. The van der Waals surface area contributed by atoms with Gasteiger partial charge in [-0.05, 0) is 76.4 Å². The van der Waals surface area contributed by atoms with Crippen LogP contribution in [0.5, 0.6) is 5.75 Å². The zero-order chi connectivity index (χ0) is 18.0. The summed E-state index contributed by atoms with van der Waals surface area (Å²) >= 11 is 0. The van der Waals surface area contributed by atoms with Gasteiger partial charge in [0.1, 0.15) is 5.75 Å². The maximum Gasteiger partial charge on any atom is 0.206 e. The number of carbonyl (C=O) groups is 1. The summed E-state index contributed by atoms with van der Waals surface area (Å²) in [7, 11) is 3.66. The van der Waals surface area contributed by atoms with E-state index in [1.54, 1.807) is 13.1 Å². The van der Waals surface area contributed by atoms with Gasteiger partial charge in [-0.25, -0.2) is 0 Å². The van der Waals surface area contributed by atoms with E-state index in [-0.39, 0.29) is 11.5 Å². The maximum atomic E-state index is 11.4. The topological polar surface area (TPSA) is 72.8 Å². The van der Waals surface area contributed by atoms with E-state index < -0.39 is 5.60 Å². The first-order valence-corrected chi connectivity index (χ1v) is 8.66. The Labute approximate surface area is 144 Å². The number of phenolic OH excluding ortho intramolecular Hbond substituents is 1. The fourth-order valence-electron chi connectivity index (χ4n) is 4.62. The molecular formula is C19H30N2O3. The number of benzene rings is 1. The van der Waals surface area contributed by atoms with E-state index in [4.69, 9.17) is 4.79 Å². The van der Waals surface area contributed by atoms with Crippen molar-refractivity contribution >= 4 is 6.41 Å². The highest BCUT2D eigenvalue weighted by Gasteiger charge is 2.60. The molecule has 0 spiro atoms. The molecule has 1 aromatic rings. The van der Waals surface area contributed by atoms with Crippen molar-refractivity contribution in [1.82, 2.24) is 10.2 Å². The minimum atomic E-state index is -0.682. The first-order valence-electron chi connectivity index (χ1n) is 8.66. The lowest BCUT2D eigenvalue weighted by molar-refractivity contribution is -0.110. The monoisotopic (exact) mass is 334 g/mol. The Bertz CT molecular complexity index is 592. The smallest absolute Gasteiger partial charge is 0.206 e. The molecule has 1 amide bonds. The summed E-state index contributed by atoms with van der Waals surface area (Å²) in [6, 6.07) is 5.74. The molecule has 0 radical (unpaired) electrons. The molecule has 1 aliphatic carbocycles. The number of likely N-dealkylation sites (tertiary alicyclic amines) is 1. The normalized spacial score (nSPS) is 32.5. The van der Waals surface area contributed by atoms with E-state index in [0.29, 0.717) is 12.2 Å². The number of hydrogen-bond donors (Lipinski definition) is 3. The van der Waals surface area contributed by atoms with E-state index in [2.05, 4.69) is 31.1 Å². The van der Waals surface area contributed by atoms with Crippen molar-refractivity contribution in [1.29, 1.82) is 0 Å². The minimum Gasteiger partial charge on any atom is -0.508 e. The van der Waals surface area contributed by atoms with Crippen LogP contribution in [0.2, 0.25) is 0 Å². The van der Waals surface area contributed by atoms with Gasteiger partial charge >= 0.3 is 0 Å². The van der Waals surface area contributed by atoms with Gasteiger partial charge in [0, 0.05) is 18.5 Å². The van der Waals surface area contributed by atoms with Crippen LogP contribution in [0.1, 0.15) is 43.7 Å². The summed E-state index contributed by atoms with van der Waals surface area (Å²) in [4.78, 5) is 11.3. The minimum absolute atomic E-state index is 0.153. The van der Waals surface area contributed by atoms with Crippen molar-refractivity contribution in [3.63, 3.8) is 0 Å². The van der Waals surface area contributed by atoms with Gasteiger partial charge in [-0.2, -0.15) is 0 Å². The third kappa shape index (κ3) is 2.91. The Morgan fingerprint density at radius 3 is 2.62 bits per heavy atom. The molecule has 2 fully saturated rings.